The highest BCUT2D eigenvalue weighted by atomic mass is 16.6. The molecule has 1 aliphatic heterocycles. The second-order valence-electron chi connectivity index (χ2n) is 6.61. The predicted octanol–water partition coefficient (Wildman–Crippen LogP) is 4.43. The molecule has 1 aliphatic carbocycles. The number of pyridine rings is 1. The zero-order valence-electron chi connectivity index (χ0n) is 13.7. The number of hydrogen-bond donors (Lipinski definition) is 1. The zero-order valence-corrected chi connectivity index (χ0v) is 13.7. The minimum Gasteiger partial charge on any atom is -0.371 e. The SMILES string of the molecule is Cc1cc([N+](=O)[O-])c2c(c1C)C1C=CCC1[C@@H](c1ccccn1)N2. The van der Waals surface area contributed by atoms with Crippen LogP contribution in [0, 0.1) is 29.9 Å². The topological polar surface area (TPSA) is 68.1 Å². The Hall–Kier alpha value is -2.69. The van der Waals surface area contributed by atoms with Gasteiger partial charge in [0.15, 0.2) is 0 Å². The van der Waals surface area contributed by atoms with Gasteiger partial charge in [-0.15, -0.1) is 0 Å². The van der Waals surface area contributed by atoms with Gasteiger partial charge in [0.25, 0.3) is 5.69 Å². The highest BCUT2D eigenvalue weighted by Gasteiger charge is 2.42. The van der Waals surface area contributed by atoms with Crippen molar-refractivity contribution in [1.82, 2.24) is 4.98 Å². The third kappa shape index (κ3) is 2.12. The molecule has 0 saturated carbocycles. The first-order valence-corrected chi connectivity index (χ1v) is 8.20. The van der Waals surface area contributed by atoms with Gasteiger partial charge in [-0.2, -0.15) is 0 Å². The summed E-state index contributed by atoms with van der Waals surface area (Å²) >= 11 is 0. The van der Waals surface area contributed by atoms with Crippen molar-refractivity contribution in [3.8, 4) is 0 Å². The van der Waals surface area contributed by atoms with Crippen molar-refractivity contribution in [3.05, 3.63) is 75.1 Å². The van der Waals surface area contributed by atoms with E-state index in [1.807, 2.05) is 25.1 Å². The number of rotatable bonds is 2. The fraction of sp³-hybridized carbons (Fsp3) is 0.316. The minimum absolute atomic E-state index is 0.0143. The van der Waals surface area contributed by atoms with Gasteiger partial charge in [0.1, 0.15) is 5.69 Å². The highest BCUT2D eigenvalue weighted by molar-refractivity contribution is 5.74. The van der Waals surface area contributed by atoms with Gasteiger partial charge in [0, 0.05) is 18.2 Å². The molecule has 0 bridgehead atoms. The summed E-state index contributed by atoms with van der Waals surface area (Å²) in [5, 5.41) is 15.1. The van der Waals surface area contributed by atoms with E-state index in [0.29, 0.717) is 11.6 Å². The molecule has 1 aromatic carbocycles. The largest absolute Gasteiger partial charge is 0.371 e. The number of anilines is 1. The highest BCUT2D eigenvalue weighted by Crippen LogP contribution is 2.53. The molecule has 0 radical (unpaired) electrons. The van der Waals surface area contributed by atoms with Crippen LogP contribution in [0.1, 0.15) is 40.8 Å². The first-order valence-electron chi connectivity index (χ1n) is 8.20. The first-order chi connectivity index (χ1) is 11.6. The summed E-state index contributed by atoms with van der Waals surface area (Å²) in [7, 11) is 0. The maximum Gasteiger partial charge on any atom is 0.292 e. The van der Waals surface area contributed by atoms with E-state index in [-0.39, 0.29) is 22.6 Å². The second-order valence-corrected chi connectivity index (χ2v) is 6.61. The third-order valence-electron chi connectivity index (χ3n) is 5.35. The number of hydrogen-bond acceptors (Lipinski definition) is 4. The number of nitrogens with zero attached hydrogens (tertiary/aromatic N) is 2. The number of nitrogens with one attached hydrogen (secondary N) is 1. The van der Waals surface area contributed by atoms with Crippen LogP contribution in [0.2, 0.25) is 0 Å². The maximum absolute atomic E-state index is 11.6. The summed E-state index contributed by atoms with van der Waals surface area (Å²) in [6, 6.07) is 7.51. The van der Waals surface area contributed by atoms with Gasteiger partial charge in [-0.25, -0.2) is 0 Å². The molecule has 1 N–H and O–H groups in total. The van der Waals surface area contributed by atoms with E-state index >= 15 is 0 Å². The van der Waals surface area contributed by atoms with Crippen LogP contribution in [0.15, 0.2) is 42.6 Å². The molecular formula is C19H19N3O2. The number of nitro benzene ring substituents is 1. The van der Waals surface area contributed by atoms with Gasteiger partial charge in [-0.3, -0.25) is 15.1 Å². The molecule has 0 saturated heterocycles. The van der Waals surface area contributed by atoms with E-state index < -0.39 is 0 Å². The number of aryl methyl sites for hydroxylation is 1. The molecule has 24 heavy (non-hydrogen) atoms. The van der Waals surface area contributed by atoms with Gasteiger partial charge in [0.2, 0.25) is 0 Å². The molecule has 3 atom stereocenters. The predicted molar refractivity (Wildman–Crippen MR) is 93.2 cm³/mol. The molecule has 2 heterocycles. The summed E-state index contributed by atoms with van der Waals surface area (Å²) in [5.74, 6) is 0.541. The van der Waals surface area contributed by atoms with Crippen molar-refractivity contribution < 1.29 is 4.92 Å². The Bertz CT molecular complexity index is 845. The van der Waals surface area contributed by atoms with Gasteiger partial charge in [-0.05, 0) is 55.0 Å². The maximum atomic E-state index is 11.6. The van der Waals surface area contributed by atoms with Crippen LogP contribution in [-0.4, -0.2) is 9.91 Å². The van der Waals surface area contributed by atoms with Crippen molar-refractivity contribution >= 4 is 11.4 Å². The Balaban J connectivity index is 1.92. The summed E-state index contributed by atoms with van der Waals surface area (Å²) in [4.78, 5) is 15.8. The quantitative estimate of drug-likeness (QED) is 0.504. The zero-order chi connectivity index (χ0) is 16.8. The Labute approximate surface area is 140 Å². The fourth-order valence-corrected chi connectivity index (χ4v) is 4.08. The number of benzene rings is 1. The lowest BCUT2D eigenvalue weighted by atomic mass is 9.75. The van der Waals surface area contributed by atoms with Gasteiger partial charge in [-0.1, -0.05) is 18.2 Å². The van der Waals surface area contributed by atoms with Crippen LogP contribution in [-0.2, 0) is 0 Å². The van der Waals surface area contributed by atoms with Crippen LogP contribution in [0.25, 0.3) is 0 Å². The number of nitro groups is 1. The van der Waals surface area contributed by atoms with E-state index in [4.69, 9.17) is 0 Å². The molecule has 2 unspecified atom stereocenters. The normalized spacial score (nSPS) is 24.2. The standard InChI is InChI=1S/C19H19N3O2/c1-11-10-16(22(23)24)19-17(12(11)2)13-6-5-7-14(13)18(21-19)15-8-3-4-9-20-15/h3-6,8-10,13-14,18,21H,7H2,1-2H3/t13?,14?,18-/m0/s1. The van der Waals surface area contributed by atoms with E-state index in [0.717, 1.165) is 28.8 Å². The third-order valence-corrected chi connectivity index (χ3v) is 5.35. The van der Waals surface area contributed by atoms with Crippen LogP contribution in [0.5, 0.6) is 0 Å². The summed E-state index contributed by atoms with van der Waals surface area (Å²) in [5.41, 5.74) is 4.95. The molecule has 4 rings (SSSR count). The van der Waals surface area contributed by atoms with Gasteiger partial charge < -0.3 is 5.32 Å². The Morgan fingerprint density at radius 3 is 2.88 bits per heavy atom. The molecule has 0 spiro atoms. The van der Waals surface area contributed by atoms with E-state index in [2.05, 4.69) is 29.4 Å². The minimum atomic E-state index is -0.285. The van der Waals surface area contributed by atoms with Crippen molar-refractivity contribution in [2.24, 2.45) is 5.92 Å². The summed E-state index contributed by atoms with van der Waals surface area (Å²) < 4.78 is 0. The van der Waals surface area contributed by atoms with Crippen molar-refractivity contribution in [2.75, 3.05) is 5.32 Å². The summed E-state index contributed by atoms with van der Waals surface area (Å²) in [6.07, 6.45) is 7.13. The molecule has 1 aromatic heterocycles. The number of aromatic nitrogens is 1. The average Bonchev–Trinajstić information content (AvgIpc) is 3.07. The number of fused-ring (bicyclic) bond motifs is 3. The molecule has 0 fully saturated rings. The van der Waals surface area contributed by atoms with Crippen LogP contribution in [0.4, 0.5) is 11.4 Å². The van der Waals surface area contributed by atoms with Crippen LogP contribution in [0.3, 0.4) is 0 Å². The number of allylic oxidation sites excluding steroid dienone is 2. The fourth-order valence-electron chi connectivity index (χ4n) is 4.08. The molecule has 0 amide bonds. The summed E-state index contributed by atoms with van der Waals surface area (Å²) in [6.45, 7) is 4.00. The average molecular weight is 321 g/mol. The first kappa shape index (κ1) is 14.9. The Morgan fingerprint density at radius 2 is 2.17 bits per heavy atom. The Kier molecular flexibility index (Phi) is 3.37. The van der Waals surface area contributed by atoms with E-state index in [1.165, 1.54) is 0 Å². The monoisotopic (exact) mass is 321 g/mol. The molecule has 5 heteroatoms. The molecular weight excluding hydrogens is 302 g/mol. The van der Waals surface area contributed by atoms with Gasteiger partial charge in [0.05, 0.1) is 16.7 Å². The van der Waals surface area contributed by atoms with Crippen LogP contribution >= 0.6 is 0 Å². The molecule has 2 aliphatic rings. The lowest BCUT2D eigenvalue weighted by molar-refractivity contribution is -0.384. The molecule has 5 nitrogen and oxygen atoms in total. The lowest BCUT2D eigenvalue weighted by Gasteiger charge is -2.37. The van der Waals surface area contributed by atoms with Crippen LogP contribution < -0.4 is 5.32 Å². The smallest absolute Gasteiger partial charge is 0.292 e. The second kappa shape index (κ2) is 5.44. The van der Waals surface area contributed by atoms with Crippen molar-refractivity contribution in [3.63, 3.8) is 0 Å². The van der Waals surface area contributed by atoms with E-state index in [9.17, 15) is 10.1 Å². The Morgan fingerprint density at radius 1 is 1.33 bits per heavy atom. The van der Waals surface area contributed by atoms with Crippen molar-refractivity contribution in [1.29, 1.82) is 0 Å². The molecule has 122 valence electrons. The van der Waals surface area contributed by atoms with E-state index in [1.54, 1.807) is 12.3 Å². The van der Waals surface area contributed by atoms with Gasteiger partial charge >= 0.3 is 0 Å². The molecule has 2 aromatic rings. The van der Waals surface area contributed by atoms with Crippen molar-refractivity contribution in [2.45, 2.75) is 32.2 Å². The lowest BCUT2D eigenvalue weighted by Crippen LogP contribution is -2.31.